The lowest BCUT2D eigenvalue weighted by atomic mass is 10.1. The number of hydrogen-bond acceptors (Lipinski definition) is 3. The van der Waals surface area contributed by atoms with E-state index in [-0.39, 0.29) is 0 Å². The maximum atomic E-state index is 5.30. The van der Waals surface area contributed by atoms with Gasteiger partial charge in [-0.25, -0.2) is 4.99 Å². The normalized spacial score (nSPS) is 16.1. The zero-order chi connectivity index (χ0) is 14.4. The van der Waals surface area contributed by atoms with Gasteiger partial charge in [-0.2, -0.15) is 0 Å². The van der Waals surface area contributed by atoms with E-state index in [1.807, 2.05) is 6.07 Å². The summed E-state index contributed by atoms with van der Waals surface area (Å²) in [5, 5.41) is 10.7. The van der Waals surface area contributed by atoms with Crippen LogP contribution in [0.1, 0.15) is 51.0 Å². The number of aromatic nitrogens is 1. The predicted octanol–water partition coefficient (Wildman–Crippen LogP) is 2.57. The van der Waals surface area contributed by atoms with Gasteiger partial charge < -0.3 is 15.2 Å². The molecule has 0 aliphatic heterocycles. The van der Waals surface area contributed by atoms with Crippen molar-refractivity contribution in [1.29, 1.82) is 0 Å². The first-order valence-electron chi connectivity index (χ1n) is 7.34. The van der Waals surface area contributed by atoms with E-state index in [2.05, 4.69) is 53.7 Å². The van der Waals surface area contributed by atoms with E-state index < -0.39 is 0 Å². The molecule has 5 heteroatoms. The average molecular weight is 276 g/mol. The van der Waals surface area contributed by atoms with Crippen molar-refractivity contribution in [2.24, 2.45) is 4.99 Å². The van der Waals surface area contributed by atoms with Crippen LogP contribution in [-0.4, -0.2) is 23.7 Å². The third-order valence-electron chi connectivity index (χ3n) is 3.25. The SMILES string of the molecule is CCNC(=NCc1cc(C(C)C)no1)NC1CC=CC1. The Balaban J connectivity index is 1.93. The van der Waals surface area contributed by atoms with Crippen LogP contribution in [0.25, 0.3) is 0 Å². The van der Waals surface area contributed by atoms with Gasteiger partial charge in [0.05, 0.1) is 5.69 Å². The Kier molecular flexibility index (Phi) is 5.21. The Morgan fingerprint density at radius 3 is 2.80 bits per heavy atom. The fourth-order valence-electron chi connectivity index (χ4n) is 2.08. The highest BCUT2D eigenvalue weighted by molar-refractivity contribution is 5.80. The van der Waals surface area contributed by atoms with Crippen LogP contribution in [0.2, 0.25) is 0 Å². The van der Waals surface area contributed by atoms with E-state index in [1.54, 1.807) is 0 Å². The Morgan fingerprint density at radius 1 is 1.45 bits per heavy atom. The van der Waals surface area contributed by atoms with Crippen molar-refractivity contribution in [2.45, 2.75) is 52.1 Å². The Bertz CT molecular complexity index is 468. The third-order valence-corrected chi connectivity index (χ3v) is 3.25. The first-order chi connectivity index (χ1) is 9.69. The van der Waals surface area contributed by atoms with Crippen LogP contribution in [-0.2, 0) is 6.54 Å². The van der Waals surface area contributed by atoms with Crippen LogP contribution >= 0.6 is 0 Å². The van der Waals surface area contributed by atoms with Crippen LogP contribution in [0.4, 0.5) is 0 Å². The van der Waals surface area contributed by atoms with Gasteiger partial charge in [0.25, 0.3) is 0 Å². The van der Waals surface area contributed by atoms with Gasteiger partial charge in [-0.1, -0.05) is 31.2 Å². The molecule has 0 radical (unpaired) electrons. The molecular weight excluding hydrogens is 252 g/mol. The van der Waals surface area contributed by atoms with E-state index in [4.69, 9.17) is 4.52 Å². The summed E-state index contributed by atoms with van der Waals surface area (Å²) in [7, 11) is 0. The number of hydrogen-bond donors (Lipinski definition) is 2. The summed E-state index contributed by atoms with van der Waals surface area (Å²) in [5.74, 6) is 2.02. The van der Waals surface area contributed by atoms with Crippen LogP contribution in [0, 0.1) is 0 Å². The quantitative estimate of drug-likeness (QED) is 0.493. The molecule has 20 heavy (non-hydrogen) atoms. The molecule has 0 bridgehead atoms. The van der Waals surface area contributed by atoms with Gasteiger partial charge in [0.2, 0.25) is 0 Å². The van der Waals surface area contributed by atoms with Crippen molar-refractivity contribution >= 4 is 5.96 Å². The number of rotatable bonds is 5. The molecule has 1 aromatic heterocycles. The number of aliphatic imine (C=N–C) groups is 1. The molecule has 0 spiro atoms. The highest BCUT2D eigenvalue weighted by Gasteiger charge is 2.12. The first kappa shape index (κ1) is 14.6. The summed E-state index contributed by atoms with van der Waals surface area (Å²) < 4.78 is 5.30. The number of nitrogens with zero attached hydrogens (tertiary/aromatic N) is 2. The standard InChI is InChI=1S/C15H24N4O/c1-4-16-15(18-12-7-5-6-8-12)17-10-13-9-14(11(2)3)19-20-13/h5-6,9,11-12H,4,7-8,10H2,1-3H3,(H2,16,17,18). The van der Waals surface area contributed by atoms with Gasteiger partial charge in [0, 0.05) is 18.7 Å². The van der Waals surface area contributed by atoms with E-state index in [0.29, 0.717) is 18.5 Å². The highest BCUT2D eigenvalue weighted by Crippen LogP contribution is 2.14. The van der Waals surface area contributed by atoms with Crippen molar-refractivity contribution in [3.8, 4) is 0 Å². The molecule has 110 valence electrons. The molecule has 2 N–H and O–H groups in total. The minimum Gasteiger partial charge on any atom is -0.359 e. The molecule has 0 fully saturated rings. The summed E-state index contributed by atoms with van der Waals surface area (Å²) in [4.78, 5) is 4.55. The Hall–Kier alpha value is -1.78. The number of nitrogens with one attached hydrogen (secondary N) is 2. The molecule has 0 aromatic carbocycles. The van der Waals surface area contributed by atoms with Crippen molar-refractivity contribution < 1.29 is 4.52 Å². The third kappa shape index (κ3) is 4.11. The summed E-state index contributed by atoms with van der Waals surface area (Å²) in [6, 6.07) is 2.43. The predicted molar refractivity (Wildman–Crippen MR) is 80.7 cm³/mol. The minimum atomic E-state index is 0.382. The second-order valence-corrected chi connectivity index (χ2v) is 5.35. The van der Waals surface area contributed by atoms with E-state index in [0.717, 1.165) is 36.8 Å². The Morgan fingerprint density at radius 2 is 2.20 bits per heavy atom. The van der Waals surface area contributed by atoms with Crippen LogP contribution in [0.5, 0.6) is 0 Å². The second kappa shape index (κ2) is 7.12. The molecule has 1 aliphatic carbocycles. The molecule has 1 aliphatic rings. The largest absolute Gasteiger partial charge is 0.359 e. The van der Waals surface area contributed by atoms with Crippen molar-refractivity contribution in [1.82, 2.24) is 15.8 Å². The molecule has 0 saturated carbocycles. The smallest absolute Gasteiger partial charge is 0.191 e. The highest BCUT2D eigenvalue weighted by atomic mass is 16.5. The van der Waals surface area contributed by atoms with Gasteiger partial charge in [0.15, 0.2) is 11.7 Å². The Labute approximate surface area is 120 Å². The fourth-order valence-corrected chi connectivity index (χ4v) is 2.08. The van der Waals surface area contributed by atoms with Gasteiger partial charge >= 0.3 is 0 Å². The second-order valence-electron chi connectivity index (χ2n) is 5.35. The lowest BCUT2D eigenvalue weighted by Crippen LogP contribution is -2.42. The van der Waals surface area contributed by atoms with Gasteiger partial charge in [-0.15, -0.1) is 0 Å². The van der Waals surface area contributed by atoms with Gasteiger partial charge in [-0.05, 0) is 25.7 Å². The van der Waals surface area contributed by atoms with Gasteiger partial charge in [-0.3, -0.25) is 0 Å². The zero-order valence-corrected chi connectivity index (χ0v) is 12.5. The maximum absolute atomic E-state index is 5.30. The first-order valence-corrected chi connectivity index (χ1v) is 7.34. The summed E-state index contributed by atoms with van der Waals surface area (Å²) in [6.07, 6.45) is 6.52. The molecule has 2 rings (SSSR count). The molecule has 0 amide bonds. The van der Waals surface area contributed by atoms with E-state index in [1.165, 1.54) is 0 Å². The summed E-state index contributed by atoms with van der Waals surface area (Å²) in [5.41, 5.74) is 0.980. The molecule has 5 nitrogen and oxygen atoms in total. The number of guanidine groups is 1. The molecular formula is C15H24N4O. The molecule has 1 heterocycles. The van der Waals surface area contributed by atoms with Crippen molar-refractivity contribution in [2.75, 3.05) is 6.54 Å². The lowest BCUT2D eigenvalue weighted by Gasteiger charge is -2.16. The van der Waals surface area contributed by atoms with Crippen molar-refractivity contribution in [3.63, 3.8) is 0 Å². The minimum absolute atomic E-state index is 0.382. The van der Waals surface area contributed by atoms with Crippen molar-refractivity contribution in [3.05, 3.63) is 29.7 Å². The van der Waals surface area contributed by atoms with E-state index >= 15 is 0 Å². The monoisotopic (exact) mass is 276 g/mol. The summed E-state index contributed by atoms with van der Waals surface area (Å²) >= 11 is 0. The van der Waals surface area contributed by atoms with Crippen LogP contribution in [0.3, 0.4) is 0 Å². The average Bonchev–Trinajstić information content (AvgIpc) is 3.07. The molecule has 0 unspecified atom stereocenters. The molecule has 0 saturated heterocycles. The van der Waals surface area contributed by atoms with E-state index in [9.17, 15) is 0 Å². The van der Waals surface area contributed by atoms with Crippen LogP contribution in [0.15, 0.2) is 27.7 Å². The maximum Gasteiger partial charge on any atom is 0.191 e. The molecule has 1 aromatic rings. The zero-order valence-electron chi connectivity index (χ0n) is 12.5. The topological polar surface area (TPSA) is 62.5 Å². The fraction of sp³-hybridized carbons (Fsp3) is 0.600. The summed E-state index contributed by atoms with van der Waals surface area (Å²) in [6.45, 7) is 7.62. The lowest BCUT2D eigenvalue weighted by molar-refractivity contribution is 0.376. The molecule has 0 atom stereocenters. The van der Waals surface area contributed by atoms with Crippen LogP contribution < -0.4 is 10.6 Å². The van der Waals surface area contributed by atoms with Gasteiger partial charge in [0.1, 0.15) is 6.54 Å².